The van der Waals surface area contributed by atoms with E-state index >= 15 is 0 Å². The standard InChI is InChI=1S/C34H49Cl2F3NO7P/c1-30(2,3)45-29(41)40-33(10,22-44-48(42,46-31(4,5)6)47-32(7,8)9)18-17-24-14-16-28(25(20-24)34(37,38)39)43-19-11-12-23-13-15-26(35)27(36)21-23/h13-16,20-21H,11-12,17-19,22H2,1-10H3,(H,40,41). The summed E-state index contributed by atoms with van der Waals surface area (Å²) in [6, 6.07) is 9.03. The van der Waals surface area contributed by atoms with Crippen molar-refractivity contribution in [3.05, 3.63) is 63.1 Å². The summed E-state index contributed by atoms with van der Waals surface area (Å²) in [5.74, 6) is -0.294. The van der Waals surface area contributed by atoms with Gasteiger partial charge >= 0.3 is 20.1 Å². The Bertz CT molecular complexity index is 1420. The van der Waals surface area contributed by atoms with Gasteiger partial charge in [0.05, 0.1) is 45.6 Å². The van der Waals surface area contributed by atoms with E-state index in [-0.39, 0.29) is 31.8 Å². The van der Waals surface area contributed by atoms with Crippen molar-refractivity contribution in [1.82, 2.24) is 5.32 Å². The van der Waals surface area contributed by atoms with Gasteiger partial charge in [0, 0.05) is 0 Å². The summed E-state index contributed by atoms with van der Waals surface area (Å²) in [7, 11) is -4.18. The Morgan fingerprint density at radius 2 is 1.35 bits per heavy atom. The summed E-state index contributed by atoms with van der Waals surface area (Å²) < 4.78 is 84.4. The highest BCUT2D eigenvalue weighted by atomic mass is 35.5. The smallest absolute Gasteiger partial charge is 0.475 e. The number of carbonyl (C=O) groups excluding carboxylic acids is 1. The second kappa shape index (κ2) is 16.3. The van der Waals surface area contributed by atoms with Gasteiger partial charge in [-0.2, -0.15) is 13.2 Å². The molecule has 48 heavy (non-hydrogen) atoms. The monoisotopic (exact) mass is 741 g/mol. The van der Waals surface area contributed by atoms with Crippen molar-refractivity contribution in [3.63, 3.8) is 0 Å². The number of benzene rings is 2. The van der Waals surface area contributed by atoms with Gasteiger partial charge in [0.15, 0.2) is 0 Å². The Kier molecular flexibility index (Phi) is 14.4. The lowest BCUT2D eigenvalue weighted by Gasteiger charge is -2.35. The molecule has 8 nitrogen and oxygen atoms in total. The minimum absolute atomic E-state index is 0.0468. The number of amides is 1. The van der Waals surface area contributed by atoms with Crippen molar-refractivity contribution in [2.24, 2.45) is 0 Å². The zero-order chi connectivity index (χ0) is 36.8. The number of rotatable bonds is 14. The molecular weight excluding hydrogens is 693 g/mol. The summed E-state index contributed by atoms with van der Waals surface area (Å²) in [4.78, 5) is 12.8. The molecule has 0 radical (unpaired) electrons. The maximum atomic E-state index is 14.2. The van der Waals surface area contributed by atoms with Gasteiger partial charge in [0.2, 0.25) is 0 Å². The van der Waals surface area contributed by atoms with Crippen LogP contribution in [0.3, 0.4) is 0 Å². The Morgan fingerprint density at radius 1 is 0.792 bits per heavy atom. The number of phosphoric ester groups is 1. The van der Waals surface area contributed by atoms with Gasteiger partial charge in [0.25, 0.3) is 0 Å². The van der Waals surface area contributed by atoms with Crippen molar-refractivity contribution in [2.75, 3.05) is 13.2 Å². The van der Waals surface area contributed by atoms with Gasteiger partial charge in [-0.1, -0.05) is 35.3 Å². The fourth-order valence-corrected chi connectivity index (χ4v) is 6.59. The first-order valence-corrected chi connectivity index (χ1v) is 17.8. The van der Waals surface area contributed by atoms with Crippen molar-refractivity contribution in [2.45, 2.75) is 123 Å². The molecule has 0 spiro atoms. The average Bonchev–Trinajstić information content (AvgIpc) is 2.87. The molecule has 2 aromatic rings. The molecule has 1 unspecified atom stereocenters. The fourth-order valence-electron chi connectivity index (χ4n) is 4.34. The van der Waals surface area contributed by atoms with Crippen LogP contribution in [0.2, 0.25) is 10.0 Å². The van der Waals surface area contributed by atoms with Crippen molar-refractivity contribution in [1.29, 1.82) is 0 Å². The largest absolute Gasteiger partial charge is 0.493 e. The van der Waals surface area contributed by atoms with Crippen LogP contribution in [0.25, 0.3) is 0 Å². The van der Waals surface area contributed by atoms with E-state index < -0.39 is 48.0 Å². The topological polar surface area (TPSA) is 92.3 Å². The first-order chi connectivity index (χ1) is 21.7. The molecule has 0 aromatic heterocycles. The molecule has 0 heterocycles. The Labute approximate surface area is 292 Å². The number of ether oxygens (including phenoxy) is 2. The van der Waals surface area contributed by atoms with E-state index in [9.17, 15) is 22.5 Å². The molecule has 0 saturated carbocycles. The van der Waals surface area contributed by atoms with E-state index in [1.807, 2.05) is 0 Å². The number of halogens is 5. The van der Waals surface area contributed by atoms with Crippen LogP contribution in [0.15, 0.2) is 36.4 Å². The predicted molar refractivity (Wildman–Crippen MR) is 183 cm³/mol. The molecule has 1 atom stereocenters. The van der Waals surface area contributed by atoms with E-state index in [1.165, 1.54) is 12.1 Å². The maximum Gasteiger partial charge on any atom is 0.475 e. The SMILES string of the molecule is CC(CCc1ccc(OCCCc2ccc(Cl)c(Cl)c2)c(C(F)(F)F)c1)(COP(=O)(OC(C)(C)C)OC(C)(C)C)NC(=O)OC(C)(C)C. The average molecular weight is 743 g/mol. The normalized spacial score (nSPS) is 14.4. The first-order valence-electron chi connectivity index (χ1n) is 15.6. The number of nitrogens with one attached hydrogen (secondary N) is 1. The Hall–Kier alpha value is -2.01. The van der Waals surface area contributed by atoms with Crippen LogP contribution in [-0.4, -0.2) is 41.6 Å². The lowest BCUT2D eigenvalue weighted by atomic mass is 9.93. The molecular formula is C34H49Cl2F3NO7P. The summed E-state index contributed by atoms with van der Waals surface area (Å²) in [6.45, 7) is 16.5. The second-order valence-corrected chi connectivity index (χ2v) is 17.2. The van der Waals surface area contributed by atoms with Crippen LogP contribution < -0.4 is 10.1 Å². The van der Waals surface area contributed by atoms with Gasteiger partial charge in [-0.3, -0.25) is 13.6 Å². The second-order valence-electron chi connectivity index (χ2n) is 14.8. The van der Waals surface area contributed by atoms with E-state index in [2.05, 4.69) is 5.32 Å². The van der Waals surface area contributed by atoms with Gasteiger partial charge in [-0.05, 0) is 130 Å². The number of alkyl halides is 3. The third-order valence-electron chi connectivity index (χ3n) is 6.28. The first kappa shape index (κ1) is 42.2. The molecule has 14 heteroatoms. The van der Waals surface area contributed by atoms with E-state index in [4.69, 9.17) is 46.2 Å². The molecule has 1 amide bonds. The molecule has 0 aliphatic rings. The van der Waals surface area contributed by atoms with Crippen LogP contribution in [0.5, 0.6) is 5.75 Å². The van der Waals surface area contributed by atoms with Gasteiger partial charge in [0.1, 0.15) is 11.4 Å². The minimum Gasteiger partial charge on any atom is -0.493 e. The molecule has 0 saturated heterocycles. The zero-order valence-electron chi connectivity index (χ0n) is 29.4. The summed E-state index contributed by atoms with van der Waals surface area (Å²) in [5.41, 5.74) is -3.60. The summed E-state index contributed by atoms with van der Waals surface area (Å²) in [6.07, 6.45) is -4.31. The van der Waals surface area contributed by atoms with E-state index in [0.717, 1.165) is 11.6 Å². The molecule has 272 valence electrons. The van der Waals surface area contributed by atoms with Crippen molar-refractivity contribution in [3.8, 4) is 5.75 Å². The molecule has 2 rings (SSSR count). The lowest BCUT2D eigenvalue weighted by Crippen LogP contribution is -2.51. The quantitative estimate of drug-likeness (QED) is 0.152. The number of hydrogen-bond acceptors (Lipinski definition) is 7. The molecule has 0 aliphatic carbocycles. The molecule has 1 N–H and O–H groups in total. The van der Waals surface area contributed by atoms with Gasteiger partial charge < -0.3 is 14.8 Å². The summed E-state index contributed by atoms with van der Waals surface area (Å²) in [5, 5.41) is 3.57. The molecule has 0 bridgehead atoms. The predicted octanol–water partition coefficient (Wildman–Crippen LogP) is 11.0. The number of hydrogen-bond donors (Lipinski definition) is 1. The van der Waals surface area contributed by atoms with Crippen LogP contribution >= 0.6 is 31.0 Å². The van der Waals surface area contributed by atoms with Gasteiger partial charge in [-0.15, -0.1) is 0 Å². The highest BCUT2D eigenvalue weighted by molar-refractivity contribution is 7.48. The van der Waals surface area contributed by atoms with Crippen LogP contribution in [0, 0.1) is 0 Å². The van der Waals surface area contributed by atoms with Crippen molar-refractivity contribution >= 4 is 37.1 Å². The number of aryl methyl sites for hydroxylation is 2. The summed E-state index contributed by atoms with van der Waals surface area (Å²) >= 11 is 12.0. The maximum absolute atomic E-state index is 14.2. The molecule has 2 aromatic carbocycles. The fraction of sp³-hybridized carbons (Fsp3) is 0.618. The van der Waals surface area contributed by atoms with Crippen LogP contribution in [-0.2, 0) is 41.9 Å². The number of phosphoric acid groups is 1. The Balaban J connectivity index is 2.26. The van der Waals surface area contributed by atoms with Crippen molar-refractivity contribution < 1.29 is 45.6 Å². The number of carbonyl (C=O) groups is 1. The molecule has 0 aliphatic heterocycles. The highest BCUT2D eigenvalue weighted by Gasteiger charge is 2.41. The van der Waals surface area contributed by atoms with E-state index in [0.29, 0.717) is 28.5 Å². The van der Waals surface area contributed by atoms with Gasteiger partial charge in [-0.25, -0.2) is 9.36 Å². The third kappa shape index (κ3) is 15.7. The molecule has 0 fully saturated rings. The van der Waals surface area contributed by atoms with E-state index in [1.54, 1.807) is 87.4 Å². The lowest BCUT2D eigenvalue weighted by molar-refractivity contribution is -0.139. The highest BCUT2D eigenvalue weighted by Crippen LogP contribution is 2.56. The number of alkyl carbamates (subject to hydrolysis) is 1. The zero-order valence-corrected chi connectivity index (χ0v) is 31.8. The van der Waals surface area contributed by atoms with Crippen LogP contribution in [0.4, 0.5) is 18.0 Å². The minimum atomic E-state index is -4.68. The third-order valence-corrected chi connectivity index (χ3v) is 9.01. The Morgan fingerprint density at radius 3 is 1.88 bits per heavy atom. The van der Waals surface area contributed by atoms with Crippen LogP contribution in [0.1, 0.15) is 98.8 Å².